The Morgan fingerprint density at radius 2 is 2.07 bits per heavy atom. The molecule has 0 unspecified atom stereocenters. The molecular weight excluding hydrogens is 182 g/mol. The Bertz CT molecular complexity index is 213. The molecule has 0 rings (SSSR count). The largest absolute Gasteiger partial charge is 0.481 e. The second-order valence-corrected chi connectivity index (χ2v) is 3.14. The second-order valence-electron chi connectivity index (χ2n) is 3.14. The van der Waals surface area contributed by atoms with E-state index in [1.165, 1.54) is 0 Å². The Labute approximate surface area is 84.2 Å². The molecule has 0 atom stereocenters. The molecular formula is C10H17NO3. The van der Waals surface area contributed by atoms with Gasteiger partial charge in [-0.3, -0.25) is 9.59 Å². The van der Waals surface area contributed by atoms with Crippen LogP contribution < -0.4 is 0 Å². The first-order valence-electron chi connectivity index (χ1n) is 4.64. The van der Waals surface area contributed by atoms with Gasteiger partial charge in [0.25, 0.3) is 0 Å². The lowest BCUT2D eigenvalue weighted by Gasteiger charge is -2.15. The molecule has 0 aliphatic rings. The van der Waals surface area contributed by atoms with Gasteiger partial charge in [0.1, 0.15) is 0 Å². The summed E-state index contributed by atoms with van der Waals surface area (Å²) in [7, 11) is 1.69. The summed E-state index contributed by atoms with van der Waals surface area (Å²) in [5.41, 5.74) is 0. The summed E-state index contributed by atoms with van der Waals surface area (Å²) in [6.07, 6.45) is 3.43. The quantitative estimate of drug-likeness (QED) is 0.628. The summed E-state index contributed by atoms with van der Waals surface area (Å²) < 4.78 is 0. The van der Waals surface area contributed by atoms with Crippen LogP contribution in [0.25, 0.3) is 0 Å². The second kappa shape index (κ2) is 7.12. The summed E-state index contributed by atoms with van der Waals surface area (Å²) in [5.74, 6) is -0.785. The van der Waals surface area contributed by atoms with E-state index in [2.05, 4.69) is 6.58 Å². The lowest BCUT2D eigenvalue weighted by molar-refractivity contribution is -0.138. The Kier molecular flexibility index (Phi) is 6.45. The summed E-state index contributed by atoms with van der Waals surface area (Å²) in [4.78, 5) is 23.1. The van der Waals surface area contributed by atoms with Crippen molar-refractivity contribution in [3.63, 3.8) is 0 Å². The molecule has 1 N–H and O–H groups in total. The van der Waals surface area contributed by atoms with Gasteiger partial charge < -0.3 is 10.0 Å². The van der Waals surface area contributed by atoms with Crippen molar-refractivity contribution in [2.75, 3.05) is 13.6 Å². The summed E-state index contributed by atoms with van der Waals surface area (Å²) in [6.45, 7) is 4.03. The molecule has 1 amide bonds. The molecule has 0 radical (unpaired) electrons. The minimum atomic E-state index is -0.822. The van der Waals surface area contributed by atoms with Crippen molar-refractivity contribution in [3.05, 3.63) is 12.7 Å². The summed E-state index contributed by atoms with van der Waals surface area (Å²) >= 11 is 0. The predicted molar refractivity (Wildman–Crippen MR) is 53.9 cm³/mol. The molecule has 0 heterocycles. The molecule has 0 aromatic heterocycles. The van der Waals surface area contributed by atoms with E-state index in [4.69, 9.17) is 5.11 Å². The van der Waals surface area contributed by atoms with Crippen LogP contribution in [-0.2, 0) is 9.59 Å². The van der Waals surface area contributed by atoms with E-state index < -0.39 is 5.97 Å². The molecule has 0 saturated heterocycles. The first-order valence-corrected chi connectivity index (χ1v) is 4.64. The number of amides is 1. The van der Waals surface area contributed by atoms with E-state index in [-0.39, 0.29) is 12.3 Å². The topological polar surface area (TPSA) is 57.6 Å². The minimum Gasteiger partial charge on any atom is -0.481 e. The fourth-order valence-corrected chi connectivity index (χ4v) is 1.01. The molecule has 0 bridgehead atoms. The number of carbonyl (C=O) groups excluding carboxylic acids is 1. The number of aliphatic carboxylic acids is 1. The molecule has 0 fully saturated rings. The van der Waals surface area contributed by atoms with Gasteiger partial charge in [-0.05, 0) is 12.8 Å². The van der Waals surface area contributed by atoms with Gasteiger partial charge in [0.05, 0.1) is 0 Å². The van der Waals surface area contributed by atoms with Crippen molar-refractivity contribution in [1.82, 2.24) is 4.90 Å². The van der Waals surface area contributed by atoms with Crippen LogP contribution in [0, 0.1) is 0 Å². The van der Waals surface area contributed by atoms with Crippen LogP contribution >= 0.6 is 0 Å². The van der Waals surface area contributed by atoms with Crippen LogP contribution in [0.1, 0.15) is 25.7 Å². The van der Waals surface area contributed by atoms with Gasteiger partial charge in [0.15, 0.2) is 0 Å². The van der Waals surface area contributed by atoms with E-state index in [0.29, 0.717) is 25.8 Å². The Morgan fingerprint density at radius 1 is 1.43 bits per heavy atom. The molecule has 0 aliphatic carbocycles. The smallest absolute Gasteiger partial charge is 0.303 e. The van der Waals surface area contributed by atoms with Gasteiger partial charge >= 0.3 is 5.97 Å². The Hall–Kier alpha value is -1.32. The first-order chi connectivity index (χ1) is 6.57. The number of carbonyl (C=O) groups is 2. The normalized spacial score (nSPS) is 9.50. The van der Waals surface area contributed by atoms with Crippen molar-refractivity contribution in [3.8, 4) is 0 Å². The van der Waals surface area contributed by atoms with Crippen molar-refractivity contribution in [1.29, 1.82) is 0 Å². The van der Waals surface area contributed by atoms with Crippen molar-refractivity contribution in [2.45, 2.75) is 25.7 Å². The lowest BCUT2D eigenvalue weighted by Crippen LogP contribution is -2.27. The minimum absolute atomic E-state index is 0.0373. The highest BCUT2D eigenvalue weighted by Gasteiger charge is 2.07. The average molecular weight is 199 g/mol. The lowest BCUT2D eigenvalue weighted by atomic mass is 10.2. The molecule has 0 saturated carbocycles. The standard InChI is InChI=1S/C10H17NO3/c1-3-4-6-9(12)11(2)8-5-7-10(13)14/h3H,1,4-8H2,2H3,(H,13,14). The van der Waals surface area contributed by atoms with Crippen molar-refractivity contribution in [2.24, 2.45) is 0 Å². The zero-order chi connectivity index (χ0) is 11.0. The number of hydrogen-bond donors (Lipinski definition) is 1. The third-order valence-electron chi connectivity index (χ3n) is 1.87. The number of hydrogen-bond acceptors (Lipinski definition) is 2. The number of rotatable bonds is 7. The summed E-state index contributed by atoms with van der Waals surface area (Å²) in [5, 5.41) is 8.39. The molecule has 0 aromatic carbocycles. The first kappa shape index (κ1) is 12.7. The maximum Gasteiger partial charge on any atom is 0.303 e. The fourth-order valence-electron chi connectivity index (χ4n) is 1.01. The van der Waals surface area contributed by atoms with Crippen LogP contribution in [0.3, 0.4) is 0 Å². The highest BCUT2D eigenvalue weighted by atomic mass is 16.4. The van der Waals surface area contributed by atoms with Gasteiger partial charge in [-0.1, -0.05) is 6.08 Å². The monoisotopic (exact) mass is 199 g/mol. The zero-order valence-electron chi connectivity index (χ0n) is 8.53. The third-order valence-corrected chi connectivity index (χ3v) is 1.87. The number of carboxylic acids is 1. The van der Waals surface area contributed by atoms with Gasteiger partial charge in [0.2, 0.25) is 5.91 Å². The molecule has 80 valence electrons. The molecule has 0 spiro atoms. The Morgan fingerprint density at radius 3 is 2.57 bits per heavy atom. The van der Waals surface area contributed by atoms with Gasteiger partial charge in [-0.15, -0.1) is 6.58 Å². The molecule has 4 heteroatoms. The zero-order valence-corrected chi connectivity index (χ0v) is 8.53. The summed E-state index contributed by atoms with van der Waals surface area (Å²) in [6, 6.07) is 0. The maximum absolute atomic E-state index is 11.3. The van der Waals surface area contributed by atoms with Gasteiger partial charge in [-0.25, -0.2) is 0 Å². The Balaban J connectivity index is 3.61. The van der Waals surface area contributed by atoms with Crippen LogP contribution in [-0.4, -0.2) is 35.5 Å². The van der Waals surface area contributed by atoms with Gasteiger partial charge in [-0.2, -0.15) is 0 Å². The van der Waals surface area contributed by atoms with E-state index in [1.807, 2.05) is 0 Å². The van der Waals surface area contributed by atoms with E-state index >= 15 is 0 Å². The molecule has 14 heavy (non-hydrogen) atoms. The highest BCUT2D eigenvalue weighted by molar-refractivity contribution is 5.76. The van der Waals surface area contributed by atoms with Crippen LogP contribution in [0.5, 0.6) is 0 Å². The number of nitrogens with zero attached hydrogens (tertiary/aromatic N) is 1. The van der Waals surface area contributed by atoms with Crippen LogP contribution in [0.4, 0.5) is 0 Å². The third kappa shape index (κ3) is 6.22. The highest BCUT2D eigenvalue weighted by Crippen LogP contribution is 1.99. The number of allylic oxidation sites excluding steroid dienone is 1. The molecule has 0 aliphatic heterocycles. The van der Waals surface area contributed by atoms with Crippen molar-refractivity contribution < 1.29 is 14.7 Å². The molecule has 0 aromatic rings. The van der Waals surface area contributed by atoms with E-state index in [1.54, 1.807) is 18.0 Å². The van der Waals surface area contributed by atoms with Crippen LogP contribution in [0.15, 0.2) is 12.7 Å². The van der Waals surface area contributed by atoms with Gasteiger partial charge in [0, 0.05) is 26.4 Å². The fraction of sp³-hybridized carbons (Fsp3) is 0.600. The van der Waals surface area contributed by atoms with Crippen LogP contribution in [0.2, 0.25) is 0 Å². The van der Waals surface area contributed by atoms with E-state index in [9.17, 15) is 9.59 Å². The average Bonchev–Trinajstić information content (AvgIpc) is 2.13. The molecule has 4 nitrogen and oxygen atoms in total. The maximum atomic E-state index is 11.3. The SMILES string of the molecule is C=CCCC(=O)N(C)CCCC(=O)O. The van der Waals surface area contributed by atoms with Crippen molar-refractivity contribution >= 4 is 11.9 Å². The number of carboxylic acid groups (broad SMARTS) is 1. The van der Waals surface area contributed by atoms with E-state index in [0.717, 1.165) is 0 Å². The predicted octanol–water partition coefficient (Wildman–Crippen LogP) is 1.28.